The lowest BCUT2D eigenvalue weighted by Gasteiger charge is -2.15. The zero-order valence-electron chi connectivity index (χ0n) is 14.1. The first-order valence-electron chi connectivity index (χ1n) is 8.15. The van der Waals surface area contributed by atoms with Crippen molar-refractivity contribution in [1.82, 2.24) is 15.6 Å². The Hall–Kier alpha value is -1.42. The zero-order valence-corrected chi connectivity index (χ0v) is 17.3. The van der Waals surface area contributed by atoms with E-state index in [9.17, 15) is 8.42 Å². The molecule has 1 aromatic carbocycles. The molecule has 0 amide bonds. The van der Waals surface area contributed by atoms with Crippen LogP contribution in [0.2, 0.25) is 0 Å². The van der Waals surface area contributed by atoms with Crippen molar-refractivity contribution in [3.63, 3.8) is 0 Å². The number of nitrogens with zero attached hydrogens (tertiary/aromatic N) is 2. The first-order valence-corrected chi connectivity index (χ1v) is 9.97. The lowest BCUT2D eigenvalue weighted by Crippen LogP contribution is -2.44. The summed E-state index contributed by atoms with van der Waals surface area (Å²) >= 11 is 0. The van der Waals surface area contributed by atoms with Gasteiger partial charge >= 0.3 is 0 Å². The molecule has 25 heavy (non-hydrogen) atoms. The van der Waals surface area contributed by atoms with Crippen LogP contribution < -0.4 is 10.6 Å². The van der Waals surface area contributed by atoms with Crippen LogP contribution in [-0.2, 0) is 16.4 Å². The maximum Gasteiger partial charge on any atom is 0.191 e. The normalized spacial score (nSPS) is 19.4. The summed E-state index contributed by atoms with van der Waals surface area (Å²) in [6, 6.07) is 9.99. The highest BCUT2D eigenvalue weighted by molar-refractivity contribution is 14.0. The predicted molar refractivity (Wildman–Crippen MR) is 112 cm³/mol. The van der Waals surface area contributed by atoms with Crippen LogP contribution in [0.3, 0.4) is 0 Å². The van der Waals surface area contributed by atoms with Crippen molar-refractivity contribution in [2.45, 2.75) is 25.9 Å². The highest BCUT2D eigenvalue weighted by Gasteiger charge is 2.28. The number of halogens is 1. The Labute approximate surface area is 165 Å². The number of guanidine groups is 1. The van der Waals surface area contributed by atoms with Gasteiger partial charge in [-0.3, -0.25) is 4.98 Å². The van der Waals surface area contributed by atoms with E-state index >= 15 is 0 Å². The van der Waals surface area contributed by atoms with Crippen molar-refractivity contribution in [3.8, 4) is 0 Å². The van der Waals surface area contributed by atoms with E-state index in [0.29, 0.717) is 25.5 Å². The minimum Gasteiger partial charge on any atom is -0.357 e. The van der Waals surface area contributed by atoms with Crippen LogP contribution in [0.25, 0.3) is 10.8 Å². The minimum absolute atomic E-state index is 0. The summed E-state index contributed by atoms with van der Waals surface area (Å²) in [5, 5.41) is 8.62. The van der Waals surface area contributed by atoms with Gasteiger partial charge in [-0.2, -0.15) is 0 Å². The molecule has 3 rings (SSSR count). The molecule has 2 heterocycles. The molecular formula is C17H23IN4O2S. The molecule has 0 bridgehead atoms. The molecule has 1 aliphatic heterocycles. The molecule has 6 nitrogen and oxygen atoms in total. The maximum atomic E-state index is 11.6. The van der Waals surface area contributed by atoms with Crippen LogP contribution in [-0.4, -0.2) is 43.5 Å². The van der Waals surface area contributed by atoms with Crippen molar-refractivity contribution >= 4 is 50.5 Å². The molecule has 0 spiro atoms. The topological polar surface area (TPSA) is 83.4 Å². The van der Waals surface area contributed by atoms with Crippen molar-refractivity contribution in [2.75, 3.05) is 18.1 Å². The average molecular weight is 474 g/mol. The van der Waals surface area contributed by atoms with Crippen LogP contribution in [0.15, 0.2) is 41.5 Å². The predicted octanol–water partition coefficient (Wildman–Crippen LogP) is 2.10. The van der Waals surface area contributed by atoms with Crippen LogP contribution in [0.5, 0.6) is 0 Å². The molecule has 136 valence electrons. The van der Waals surface area contributed by atoms with Gasteiger partial charge in [-0.1, -0.05) is 24.3 Å². The Balaban J connectivity index is 0.00000225. The summed E-state index contributed by atoms with van der Waals surface area (Å²) < 4.78 is 23.2. The summed E-state index contributed by atoms with van der Waals surface area (Å²) in [6.45, 7) is 3.14. The van der Waals surface area contributed by atoms with Crippen LogP contribution in [0.4, 0.5) is 0 Å². The summed E-state index contributed by atoms with van der Waals surface area (Å²) in [6.07, 6.45) is 2.41. The van der Waals surface area contributed by atoms with Crippen LogP contribution in [0, 0.1) is 0 Å². The van der Waals surface area contributed by atoms with E-state index in [-0.39, 0.29) is 41.5 Å². The molecule has 0 aliphatic carbocycles. The van der Waals surface area contributed by atoms with E-state index in [2.05, 4.69) is 26.7 Å². The third kappa shape index (κ3) is 5.27. The maximum absolute atomic E-state index is 11.6. The molecule has 8 heteroatoms. The van der Waals surface area contributed by atoms with Crippen molar-refractivity contribution in [1.29, 1.82) is 0 Å². The lowest BCUT2D eigenvalue weighted by molar-refractivity contribution is 0.599. The number of fused-ring (bicyclic) bond motifs is 1. The van der Waals surface area contributed by atoms with Gasteiger partial charge in [-0.25, -0.2) is 13.4 Å². The third-order valence-electron chi connectivity index (χ3n) is 4.06. The molecule has 0 radical (unpaired) electrons. The van der Waals surface area contributed by atoms with E-state index in [0.717, 1.165) is 16.5 Å². The standard InChI is InChI=1S/C17H22N4O2S.HI/c1-2-18-17(21-14-8-10-24(22,23)12-14)20-11-16-15-6-4-3-5-13(15)7-9-19-16;/h3-7,9,14H,2,8,10-12H2,1H3,(H2,18,20,21);1H. The van der Waals surface area contributed by atoms with Gasteiger partial charge in [0.25, 0.3) is 0 Å². The number of aliphatic imine (C=N–C) groups is 1. The van der Waals surface area contributed by atoms with Gasteiger partial charge in [0.15, 0.2) is 15.8 Å². The zero-order chi connectivity index (χ0) is 17.0. The highest BCUT2D eigenvalue weighted by atomic mass is 127. The Kier molecular flexibility index (Phi) is 7.00. The fourth-order valence-electron chi connectivity index (χ4n) is 2.88. The fourth-order valence-corrected chi connectivity index (χ4v) is 4.56. The fraction of sp³-hybridized carbons (Fsp3) is 0.412. The van der Waals surface area contributed by atoms with Gasteiger partial charge in [-0.05, 0) is 24.8 Å². The first kappa shape index (κ1) is 19.9. The van der Waals surface area contributed by atoms with E-state index < -0.39 is 9.84 Å². The highest BCUT2D eigenvalue weighted by Crippen LogP contribution is 2.17. The van der Waals surface area contributed by atoms with Gasteiger partial charge in [0.2, 0.25) is 0 Å². The second-order valence-corrected chi connectivity index (χ2v) is 8.15. The minimum atomic E-state index is -2.91. The Bertz CT molecular complexity index is 849. The number of hydrogen-bond acceptors (Lipinski definition) is 4. The van der Waals surface area contributed by atoms with E-state index in [4.69, 9.17) is 0 Å². The van der Waals surface area contributed by atoms with Crippen molar-refractivity contribution in [2.24, 2.45) is 4.99 Å². The quantitative estimate of drug-likeness (QED) is 0.403. The Morgan fingerprint density at radius 3 is 2.84 bits per heavy atom. The van der Waals surface area contributed by atoms with Crippen molar-refractivity contribution in [3.05, 3.63) is 42.2 Å². The molecule has 1 atom stereocenters. The van der Waals surface area contributed by atoms with Crippen molar-refractivity contribution < 1.29 is 8.42 Å². The molecule has 0 saturated carbocycles. The number of pyridine rings is 1. The lowest BCUT2D eigenvalue weighted by atomic mass is 10.1. The molecule has 2 aromatic rings. The number of sulfone groups is 1. The summed E-state index contributed by atoms with van der Waals surface area (Å²) in [5.74, 6) is 1.05. The molecule has 1 unspecified atom stereocenters. The van der Waals surface area contributed by atoms with Gasteiger partial charge in [0.05, 0.1) is 23.7 Å². The van der Waals surface area contributed by atoms with Gasteiger partial charge < -0.3 is 10.6 Å². The second kappa shape index (κ2) is 8.79. The third-order valence-corrected chi connectivity index (χ3v) is 5.83. The first-order chi connectivity index (χ1) is 11.6. The molecule has 1 aromatic heterocycles. The van der Waals surface area contributed by atoms with E-state index in [1.165, 1.54) is 0 Å². The summed E-state index contributed by atoms with van der Waals surface area (Å²) in [7, 11) is -2.91. The van der Waals surface area contributed by atoms with Gasteiger partial charge in [-0.15, -0.1) is 24.0 Å². The number of aromatic nitrogens is 1. The molecular weight excluding hydrogens is 451 g/mol. The molecule has 1 saturated heterocycles. The largest absolute Gasteiger partial charge is 0.357 e. The number of rotatable bonds is 4. The SMILES string of the molecule is CCNC(=NCc1nccc2ccccc12)NC1CCS(=O)(=O)C1.I. The Morgan fingerprint density at radius 1 is 1.32 bits per heavy atom. The van der Waals surface area contributed by atoms with Gasteiger partial charge in [0, 0.05) is 24.2 Å². The summed E-state index contributed by atoms with van der Waals surface area (Å²) in [4.78, 5) is 9.02. The number of benzene rings is 1. The van der Waals surface area contributed by atoms with E-state index in [1.54, 1.807) is 6.20 Å². The monoisotopic (exact) mass is 474 g/mol. The molecule has 1 fully saturated rings. The number of nitrogens with one attached hydrogen (secondary N) is 2. The second-order valence-electron chi connectivity index (χ2n) is 5.92. The summed E-state index contributed by atoms with van der Waals surface area (Å²) in [5.41, 5.74) is 0.907. The van der Waals surface area contributed by atoms with Crippen LogP contribution in [0.1, 0.15) is 19.0 Å². The molecule has 2 N–H and O–H groups in total. The van der Waals surface area contributed by atoms with Crippen LogP contribution >= 0.6 is 24.0 Å². The van der Waals surface area contributed by atoms with Gasteiger partial charge in [0.1, 0.15) is 0 Å². The smallest absolute Gasteiger partial charge is 0.191 e. The molecule has 1 aliphatic rings. The average Bonchev–Trinajstić information content (AvgIpc) is 2.91. The Morgan fingerprint density at radius 2 is 2.12 bits per heavy atom. The van der Waals surface area contributed by atoms with E-state index in [1.807, 2.05) is 31.2 Å². The number of hydrogen-bond donors (Lipinski definition) is 2.